The van der Waals surface area contributed by atoms with Crippen LogP contribution >= 0.6 is 0 Å². The van der Waals surface area contributed by atoms with Gasteiger partial charge in [0.2, 0.25) is 5.91 Å². The predicted molar refractivity (Wildman–Crippen MR) is 63.6 cm³/mol. The number of pyridine rings is 1. The first-order valence-corrected chi connectivity index (χ1v) is 5.39. The first kappa shape index (κ1) is 13.6. The highest BCUT2D eigenvalue weighted by atomic mass is 16.4. The number of hydrogen-bond acceptors (Lipinski definition) is 4. The van der Waals surface area contributed by atoms with Crippen molar-refractivity contribution in [1.82, 2.24) is 4.98 Å². The van der Waals surface area contributed by atoms with Gasteiger partial charge in [0.1, 0.15) is 11.9 Å². The molecular formula is C12H13N3O3. The lowest BCUT2D eigenvalue weighted by atomic mass is 10.0. The Morgan fingerprint density at radius 1 is 1.50 bits per heavy atom. The van der Waals surface area contributed by atoms with Crippen molar-refractivity contribution in [2.75, 3.05) is 5.32 Å². The van der Waals surface area contributed by atoms with Gasteiger partial charge in [0.25, 0.3) is 0 Å². The lowest BCUT2D eigenvalue weighted by Crippen LogP contribution is -2.17. The Labute approximate surface area is 104 Å². The van der Waals surface area contributed by atoms with Crippen molar-refractivity contribution in [2.45, 2.75) is 19.8 Å². The summed E-state index contributed by atoms with van der Waals surface area (Å²) in [6, 6.07) is 4.99. The highest BCUT2D eigenvalue weighted by Crippen LogP contribution is 2.10. The molecule has 0 fully saturated rings. The molecule has 0 radical (unpaired) electrons. The molecule has 0 aliphatic rings. The molecule has 18 heavy (non-hydrogen) atoms. The average Bonchev–Trinajstić information content (AvgIpc) is 2.28. The van der Waals surface area contributed by atoms with E-state index in [2.05, 4.69) is 10.3 Å². The fourth-order valence-corrected chi connectivity index (χ4v) is 1.41. The minimum atomic E-state index is -0.924. The minimum Gasteiger partial charge on any atom is -0.481 e. The number of aliphatic carboxylic acids is 1. The Morgan fingerprint density at radius 2 is 2.22 bits per heavy atom. The molecule has 94 valence electrons. The molecule has 0 aliphatic heterocycles. The normalized spacial score (nSPS) is 11.3. The third-order valence-electron chi connectivity index (χ3n) is 2.22. The zero-order chi connectivity index (χ0) is 13.5. The average molecular weight is 247 g/mol. The van der Waals surface area contributed by atoms with Gasteiger partial charge < -0.3 is 10.4 Å². The predicted octanol–water partition coefficient (Wildman–Crippen LogP) is 1.39. The highest BCUT2D eigenvalue weighted by molar-refractivity contribution is 5.90. The molecule has 0 saturated carbocycles. The molecule has 0 unspecified atom stereocenters. The molecule has 6 nitrogen and oxygen atoms in total. The van der Waals surface area contributed by atoms with Crippen LogP contribution < -0.4 is 5.32 Å². The largest absolute Gasteiger partial charge is 0.481 e. The van der Waals surface area contributed by atoms with Gasteiger partial charge in [-0.3, -0.25) is 9.59 Å². The third kappa shape index (κ3) is 4.61. The summed E-state index contributed by atoms with van der Waals surface area (Å²) >= 11 is 0. The number of amides is 1. The Kier molecular flexibility index (Phi) is 4.81. The Hall–Kier alpha value is -2.42. The van der Waals surface area contributed by atoms with E-state index in [1.165, 1.54) is 12.3 Å². The van der Waals surface area contributed by atoms with Crippen molar-refractivity contribution < 1.29 is 14.7 Å². The molecule has 0 aromatic carbocycles. The fourth-order valence-electron chi connectivity index (χ4n) is 1.41. The lowest BCUT2D eigenvalue weighted by molar-refractivity contribution is -0.138. The molecule has 1 heterocycles. The van der Waals surface area contributed by atoms with Gasteiger partial charge in [0.05, 0.1) is 5.56 Å². The summed E-state index contributed by atoms with van der Waals surface area (Å²) in [5, 5.41) is 19.7. The van der Waals surface area contributed by atoms with Crippen LogP contribution in [0.1, 0.15) is 25.3 Å². The van der Waals surface area contributed by atoms with E-state index in [4.69, 9.17) is 10.4 Å². The molecule has 0 bridgehead atoms. The van der Waals surface area contributed by atoms with Crippen molar-refractivity contribution in [3.63, 3.8) is 0 Å². The van der Waals surface area contributed by atoms with Gasteiger partial charge in [-0.1, -0.05) is 6.92 Å². The van der Waals surface area contributed by atoms with E-state index in [9.17, 15) is 9.59 Å². The van der Waals surface area contributed by atoms with Crippen LogP contribution in [0.4, 0.5) is 5.82 Å². The second-order valence-electron chi connectivity index (χ2n) is 4.00. The number of carboxylic acids is 1. The molecule has 0 spiro atoms. The number of carbonyl (C=O) groups excluding carboxylic acids is 1. The molecule has 1 aromatic heterocycles. The van der Waals surface area contributed by atoms with Crippen LogP contribution in [0.5, 0.6) is 0 Å². The number of anilines is 1. The van der Waals surface area contributed by atoms with E-state index in [1.807, 2.05) is 6.07 Å². The van der Waals surface area contributed by atoms with Crippen molar-refractivity contribution in [1.29, 1.82) is 5.26 Å². The van der Waals surface area contributed by atoms with Crippen molar-refractivity contribution in [3.05, 3.63) is 23.9 Å². The quantitative estimate of drug-likeness (QED) is 0.818. The van der Waals surface area contributed by atoms with Crippen LogP contribution in [-0.2, 0) is 9.59 Å². The van der Waals surface area contributed by atoms with Gasteiger partial charge in [0, 0.05) is 19.0 Å². The van der Waals surface area contributed by atoms with Gasteiger partial charge >= 0.3 is 5.97 Å². The van der Waals surface area contributed by atoms with Crippen LogP contribution in [0, 0.1) is 17.2 Å². The number of hydrogen-bond donors (Lipinski definition) is 2. The monoisotopic (exact) mass is 247 g/mol. The van der Waals surface area contributed by atoms with E-state index in [1.54, 1.807) is 13.0 Å². The fraction of sp³-hybridized carbons (Fsp3) is 0.333. The van der Waals surface area contributed by atoms with Crippen LogP contribution in [-0.4, -0.2) is 22.0 Å². The van der Waals surface area contributed by atoms with E-state index in [0.29, 0.717) is 11.4 Å². The summed E-state index contributed by atoms with van der Waals surface area (Å²) < 4.78 is 0. The van der Waals surface area contributed by atoms with Gasteiger partial charge in [-0.25, -0.2) is 4.98 Å². The zero-order valence-electron chi connectivity index (χ0n) is 9.88. The number of nitrogens with one attached hydrogen (secondary N) is 1. The second kappa shape index (κ2) is 6.35. The molecule has 1 rings (SSSR count). The van der Waals surface area contributed by atoms with Crippen molar-refractivity contribution in [2.24, 2.45) is 5.92 Å². The van der Waals surface area contributed by atoms with Crippen LogP contribution in [0.3, 0.4) is 0 Å². The van der Waals surface area contributed by atoms with E-state index in [0.717, 1.165) is 0 Å². The standard InChI is InChI=1S/C12H13N3O3/c1-8(5-12(17)18)4-11(16)15-10-3-2-9(6-13)7-14-10/h2-3,7-8H,4-5H2,1H3,(H,17,18)(H,14,15,16)/t8-/m1/s1. The third-order valence-corrected chi connectivity index (χ3v) is 2.22. The summed E-state index contributed by atoms with van der Waals surface area (Å²) in [5.74, 6) is -1.10. The molecule has 2 N–H and O–H groups in total. The summed E-state index contributed by atoms with van der Waals surface area (Å²) in [7, 11) is 0. The number of carbonyl (C=O) groups is 2. The van der Waals surface area contributed by atoms with Gasteiger partial charge in [-0.15, -0.1) is 0 Å². The number of aromatic nitrogens is 1. The summed E-state index contributed by atoms with van der Waals surface area (Å²) in [6.07, 6.45) is 1.43. The Morgan fingerprint density at radius 3 is 2.72 bits per heavy atom. The zero-order valence-corrected chi connectivity index (χ0v) is 9.88. The molecule has 1 atom stereocenters. The van der Waals surface area contributed by atoms with E-state index in [-0.39, 0.29) is 24.7 Å². The maximum atomic E-state index is 11.5. The minimum absolute atomic E-state index is 0.0474. The topological polar surface area (TPSA) is 103 Å². The van der Waals surface area contributed by atoms with Crippen molar-refractivity contribution in [3.8, 4) is 6.07 Å². The first-order chi connectivity index (χ1) is 8.51. The van der Waals surface area contributed by atoms with Gasteiger partial charge in [-0.05, 0) is 18.1 Å². The number of nitrogens with zero attached hydrogens (tertiary/aromatic N) is 2. The molecule has 1 amide bonds. The van der Waals surface area contributed by atoms with Crippen LogP contribution in [0.25, 0.3) is 0 Å². The molecule has 1 aromatic rings. The smallest absolute Gasteiger partial charge is 0.303 e. The highest BCUT2D eigenvalue weighted by Gasteiger charge is 2.12. The maximum Gasteiger partial charge on any atom is 0.303 e. The number of carboxylic acid groups (broad SMARTS) is 1. The lowest BCUT2D eigenvalue weighted by Gasteiger charge is -2.08. The summed E-state index contributed by atoms with van der Waals surface area (Å²) in [4.78, 5) is 25.9. The van der Waals surface area contributed by atoms with Crippen LogP contribution in [0.15, 0.2) is 18.3 Å². The second-order valence-corrected chi connectivity index (χ2v) is 4.00. The summed E-state index contributed by atoms with van der Waals surface area (Å²) in [6.45, 7) is 1.69. The van der Waals surface area contributed by atoms with E-state index >= 15 is 0 Å². The summed E-state index contributed by atoms with van der Waals surface area (Å²) in [5.41, 5.74) is 0.409. The van der Waals surface area contributed by atoms with Gasteiger partial charge in [0.15, 0.2) is 0 Å². The first-order valence-electron chi connectivity index (χ1n) is 5.39. The van der Waals surface area contributed by atoms with Crippen molar-refractivity contribution >= 4 is 17.7 Å². The molecule has 0 aliphatic carbocycles. The Bertz CT molecular complexity index is 476. The van der Waals surface area contributed by atoms with Crippen LogP contribution in [0.2, 0.25) is 0 Å². The molecule has 6 heteroatoms. The van der Waals surface area contributed by atoms with E-state index < -0.39 is 5.97 Å². The number of rotatable bonds is 5. The number of nitriles is 1. The van der Waals surface area contributed by atoms with Gasteiger partial charge in [-0.2, -0.15) is 5.26 Å². The molecule has 0 saturated heterocycles. The maximum absolute atomic E-state index is 11.5. The Balaban J connectivity index is 2.49. The SMILES string of the molecule is C[C@@H](CC(=O)O)CC(=O)Nc1ccc(C#N)cn1. The molecular weight excluding hydrogens is 234 g/mol.